The average molecular weight is 199 g/mol. The summed E-state index contributed by atoms with van der Waals surface area (Å²) >= 11 is 1.59. The molecule has 0 saturated carbocycles. The van der Waals surface area contributed by atoms with E-state index >= 15 is 0 Å². The van der Waals surface area contributed by atoms with E-state index in [1.165, 1.54) is 0 Å². The highest BCUT2D eigenvalue weighted by molar-refractivity contribution is 7.09. The van der Waals surface area contributed by atoms with Crippen molar-refractivity contribution in [1.29, 1.82) is 0 Å². The lowest BCUT2D eigenvalue weighted by Gasteiger charge is -2.36. The molecule has 1 aromatic heterocycles. The lowest BCUT2D eigenvalue weighted by molar-refractivity contribution is -0.0405. The van der Waals surface area contributed by atoms with Gasteiger partial charge in [0.1, 0.15) is 0 Å². The van der Waals surface area contributed by atoms with Gasteiger partial charge < -0.3 is 5.11 Å². The molecule has 1 unspecified atom stereocenters. The molecule has 0 amide bonds. The summed E-state index contributed by atoms with van der Waals surface area (Å²) in [5, 5.41) is 13.1. The minimum Gasteiger partial charge on any atom is -0.389 e. The van der Waals surface area contributed by atoms with Gasteiger partial charge in [-0.05, 0) is 12.3 Å². The minimum atomic E-state index is -0.690. The van der Waals surface area contributed by atoms with E-state index in [0.717, 1.165) is 5.01 Å². The van der Waals surface area contributed by atoms with E-state index in [9.17, 15) is 5.11 Å². The van der Waals surface area contributed by atoms with Gasteiger partial charge in [-0.15, -0.1) is 11.3 Å². The van der Waals surface area contributed by atoms with Crippen LogP contribution in [0.1, 0.15) is 32.7 Å². The third-order valence-electron chi connectivity index (χ3n) is 2.59. The van der Waals surface area contributed by atoms with Gasteiger partial charge in [-0.3, -0.25) is 0 Å². The molecule has 0 saturated heterocycles. The standard InChI is InChI=1S/C10H17NOS/c1-9(2,3)10(4,12)7-8-11-5-6-13-8/h5-6,12H,7H2,1-4H3. The molecule has 0 spiro atoms. The summed E-state index contributed by atoms with van der Waals surface area (Å²) in [6.07, 6.45) is 2.41. The maximum Gasteiger partial charge on any atom is 0.0953 e. The van der Waals surface area contributed by atoms with Crippen molar-refractivity contribution in [2.45, 2.75) is 39.7 Å². The Bertz CT molecular complexity index is 259. The monoisotopic (exact) mass is 199 g/mol. The van der Waals surface area contributed by atoms with E-state index in [1.807, 2.05) is 33.1 Å². The fourth-order valence-electron chi connectivity index (χ4n) is 0.900. The molecule has 0 fully saturated rings. The molecule has 1 N–H and O–H groups in total. The van der Waals surface area contributed by atoms with Gasteiger partial charge in [0.05, 0.1) is 10.6 Å². The first-order chi connectivity index (χ1) is 5.83. The third kappa shape index (κ3) is 2.51. The number of aromatic nitrogens is 1. The summed E-state index contributed by atoms with van der Waals surface area (Å²) in [4.78, 5) is 4.17. The predicted octanol–water partition coefficient (Wildman–Crippen LogP) is 2.48. The molecule has 1 atom stereocenters. The van der Waals surface area contributed by atoms with Crippen molar-refractivity contribution in [2.24, 2.45) is 5.41 Å². The Morgan fingerprint density at radius 3 is 2.38 bits per heavy atom. The van der Waals surface area contributed by atoms with Crippen molar-refractivity contribution in [3.63, 3.8) is 0 Å². The molecule has 0 aromatic carbocycles. The van der Waals surface area contributed by atoms with Crippen LogP contribution >= 0.6 is 11.3 Å². The zero-order chi connectivity index (χ0) is 10.1. The maximum absolute atomic E-state index is 10.2. The molecule has 0 aliphatic carbocycles. The Morgan fingerprint density at radius 1 is 1.38 bits per heavy atom. The van der Waals surface area contributed by atoms with Gasteiger partial charge in [0.25, 0.3) is 0 Å². The number of thiazole rings is 1. The number of rotatable bonds is 2. The molecule has 0 radical (unpaired) electrons. The first kappa shape index (κ1) is 10.7. The molecular formula is C10H17NOS. The summed E-state index contributed by atoms with van der Waals surface area (Å²) < 4.78 is 0. The van der Waals surface area contributed by atoms with Crippen LogP contribution in [0.4, 0.5) is 0 Å². The molecule has 0 bridgehead atoms. The van der Waals surface area contributed by atoms with Gasteiger partial charge in [-0.1, -0.05) is 20.8 Å². The summed E-state index contributed by atoms with van der Waals surface area (Å²) in [6.45, 7) is 8.00. The van der Waals surface area contributed by atoms with Gasteiger partial charge >= 0.3 is 0 Å². The van der Waals surface area contributed by atoms with Crippen LogP contribution in [0.25, 0.3) is 0 Å². The quantitative estimate of drug-likeness (QED) is 0.793. The Balaban J connectivity index is 2.73. The highest BCUT2D eigenvalue weighted by atomic mass is 32.1. The lowest BCUT2D eigenvalue weighted by atomic mass is 9.76. The van der Waals surface area contributed by atoms with Crippen molar-refractivity contribution in [3.8, 4) is 0 Å². The largest absolute Gasteiger partial charge is 0.389 e. The molecular weight excluding hydrogens is 182 g/mol. The van der Waals surface area contributed by atoms with Crippen molar-refractivity contribution in [2.75, 3.05) is 0 Å². The van der Waals surface area contributed by atoms with Gasteiger partial charge in [-0.25, -0.2) is 4.98 Å². The first-order valence-electron chi connectivity index (χ1n) is 4.44. The molecule has 1 rings (SSSR count). The Morgan fingerprint density at radius 2 is 2.00 bits per heavy atom. The molecule has 1 heterocycles. The SMILES string of the molecule is CC(C)(C)C(C)(O)Cc1nccs1. The molecule has 74 valence electrons. The Labute approximate surface area is 83.6 Å². The Kier molecular flexibility index (Phi) is 2.78. The van der Waals surface area contributed by atoms with Crippen LogP contribution in [0, 0.1) is 5.41 Å². The van der Waals surface area contributed by atoms with Crippen molar-refractivity contribution in [3.05, 3.63) is 16.6 Å². The van der Waals surface area contributed by atoms with Crippen LogP contribution in [-0.4, -0.2) is 15.7 Å². The fraction of sp³-hybridized carbons (Fsp3) is 0.700. The van der Waals surface area contributed by atoms with Gasteiger partial charge in [0, 0.05) is 18.0 Å². The summed E-state index contributed by atoms with van der Waals surface area (Å²) in [5.41, 5.74) is -0.802. The third-order valence-corrected chi connectivity index (χ3v) is 3.37. The Hall–Kier alpha value is -0.410. The molecule has 2 nitrogen and oxygen atoms in total. The van der Waals surface area contributed by atoms with Gasteiger partial charge in [0.15, 0.2) is 0 Å². The normalized spacial score (nSPS) is 17.0. The summed E-state index contributed by atoms with van der Waals surface area (Å²) in [7, 11) is 0. The molecule has 0 aliphatic rings. The second kappa shape index (κ2) is 3.39. The highest BCUT2D eigenvalue weighted by Crippen LogP contribution is 2.33. The molecule has 1 aromatic rings. The zero-order valence-corrected chi connectivity index (χ0v) is 9.48. The maximum atomic E-state index is 10.2. The van der Waals surface area contributed by atoms with Crippen LogP contribution in [-0.2, 0) is 6.42 Å². The van der Waals surface area contributed by atoms with Crippen LogP contribution in [0.15, 0.2) is 11.6 Å². The summed E-state index contributed by atoms with van der Waals surface area (Å²) in [6, 6.07) is 0. The van der Waals surface area contributed by atoms with Crippen molar-refractivity contribution < 1.29 is 5.11 Å². The van der Waals surface area contributed by atoms with Crippen molar-refractivity contribution >= 4 is 11.3 Å². The minimum absolute atomic E-state index is 0.112. The average Bonchev–Trinajstić information content (AvgIpc) is 2.35. The lowest BCUT2D eigenvalue weighted by Crippen LogP contribution is -2.41. The number of hydrogen-bond acceptors (Lipinski definition) is 3. The zero-order valence-electron chi connectivity index (χ0n) is 8.66. The van der Waals surface area contributed by atoms with E-state index in [4.69, 9.17) is 0 Å². The molecule has 3 heteroatoms. The van der Waals surface area contributed by atoms with Crippen LogP contribution < -0.4 is 0 Å². The molecule has 0 aliphatic heterocycles. The second-order valence-electron chi connectivity index (χ2n) is 4.63. The van der Waals surface area contributed by atoms with Crippen LogP contribution in [0.5, 0.6) is 0 Å². The second-order valence-corrected chi connectivity index (χ2v) is 5.61. The van der Waals surface area contributed by atoms with E-state index in [2.05, 4.69) is 4.98 Å². The van der Waals surface area contributed by atoms with E-state index < -0.39 is 5.60 Å². The van der Waals surface area contributed by atoms with Crippen LogP contribution in [0.3, 0.4) is 0 Å². The topological polar surface area (TPSA) is 33.1 Å². The number of nitrogens with zero attached hydrogens (tertiary/aromatic N) is 1. The van der Waals surface area contributed by atoms with Gasteiger partial charge in [0.2, 0.25) is 0 Å². The number of aliphatic hydroxyl groups is 1. The fourth-order valence-corrected chi connectivity index (χ4v) is 1.66. The smallest absolute Gasteiger partial charge is 0.0953 e. The van der Waals surface area contributed by atoms with E-state index in [0.29, 0.717) is 6.42 Å². The highest BCUT2D eigenvalue weighted by Gasteiger charge is 2.35. The number of hydrogen-bond donors (Lipinski definition) is 1. The molecule has 13 heavy (non-hydrogen) atoms. The summed E-state index contributed by atoms with van der Waals surface area (Å²) in [5.74, 6) is 0. The first-order valence-corrected chi connectivity index (χ1v) is 5.32. The van der Waals surface area contributed by atoms with Gasteiger partial charge in [-0.2, -0.15) is 0 Å². The van der Waals surface area contributed by atoms with Crippen LogP contribution in [0.2, 0.25) is 0 Å². The predicted molar refractivity (Wildman–Crippen MR) is 55.9 cm³/mol. The van der Waals surface area contributed by atoms with Crippen molar-refractivity contribution in [1.82, 2.24) is 4.98 Å². The van der Waals surface area contributed by atoms with E-state index in [-0.39, 0.29) is 5.41 Å². The van der Waals surface area contributed by atoms with E-state index in [1.54, 1.807) is 17.5 Å².